The number of fused-ring (bicyclic) bond motifs is 2. The summed E-state index contributed by atoms with van der Waals surface area (Å²) >= 11 is 0. The summed E-state index contributed by atoms with van der Waals surface area (Å²) < 4.78 is 0. The third kappa shape index (κ3) is 1.34. The maximum atomic E-state index is 3.49. The van der Waals surface area contributed by atoms with Crippen LogP contribution in [0.15, 0.2) is 0 Å². The molecule has 0 aromatic rings. The molecule has 1 saturated heterocycles. The predicted molar refractivity (Wildman–Crippen MR) is 42.7 cm³/mol. The van der Waals surface area contributed by atoms with Crippen LogP contribution in [0.1, 0.15) is 32.1 Å². The molecule has 1 unspecified atom stereocenters. The molecule has 0 aromatic carbocycles. The van der Waals surface area contributed by atoms with Gasteiger partial charge in [0, 0.05) is 6.54 Å². The van der Waals surface area contributed by atoms with E-state index in [1.165, 1.54) is 45.2 Å². The first-order valence-corrected chi connectivity index (χ1v) is 4.49. The second kappa shape index (κ2) is 2.91. The van der Waals surface area contributed by atoms with Crippen molar-refractivity contribution in [2.75, 3.05) is 13.1 Å². The Hall–Kier alpha value is -0.0400. The van der Waals surface area contributed by atoms with Gasteiger partial charge < -0.3 is 5.32 Å². The first kappa shape index (κ1) is 6.66. The van der Waals surface area contributed by atoms with E-state index >= 15 is 0 Å². The van der Waals surface area contributed by atoms with E-state index in [9.17, 15) is 0 Å². The minimum absolute atomic E-state index is 0.992. The molecule has 1 aliphatic carbocycles. The Balaban J connectivity index is 1.96. The van der Waals surface area contributed by atoms with Crippen LogP contribution in [0.2, 0.25) is 0 Å². The minimum atomic E-state index is 0.992. The molecule has 2 fully saturated rings. The van der Waals surface area contributed by atoms with Crippen molar-refractivity contribution in [1.29, 1.82) is 0 Å². The molecule has 2 aliphatic rings. The SMILES string of the molecule is C1CCC2CNC[C](C1)C2. The summed E-state index contributed by atoms with van der Waals surface area (Å²) in [5.74, 6) is 2.78. The Morgan fingerprint density at radius 1 is 1.30 bits per heavy atom. The first-order valence-electron chi connectivity index (χ1n) is 4.49. The Morgan fingerprint density at radius 3 is 3.30 bits per heavy atom. The molecule has 57 valence electrons. The zero-order chi connectivity index (χ0) is 6.81. The molecule has 1 saturated carbocycles. The van der Waals surface area contributed by atoms with Crippen LogP contribution in [0.25, 0.3) is 0 Å². The largest absolute Gasteiger partial charge is 0.316 e. The van der Waals surface area contributed by atoms with Gasteiger partial charge in [0.15, 0.2) is 0 Å². The molecule has 10 heavy (non-hydrogen) atoms. The van der Waals surface area contributed by atoms with Crippen LogP contribution in [0, 0.1) is 11.8 Å². The summed E-state index contributed by atoms with van der Waals surface area (Å²) in [7, 11) is 0. The van der Waals surface area contributed by atoms with Crippen LogP contribution in [-0.2, 0) is 0 Å². The minimum Gasteiger partial charge on any atom is -0.316 e. The molecule has 2 bridgehead atoms. The van der Waals surface area contributed by atoms with Gasteiger partial charge in [-0.3, -0.25) is 0 Å². The molecule has 0 amide bonds. The monoisotopic (exact) mass is 138 g/mol. The van der Waals surface area contributed by atoms with Gasteiger partial charge in [0.25, 0.3) is 0 Å². The highest BCUT2D eigenvalue weighted by molar-refractivity contribution is 4.99. The van der Waals surface area contributed by atoms with E-state index in [0.29, 0.717) is 0 Å². The van der Waals surface area contributed by atoms with Crippen molar-refractivity contribution in [2.45, 2.75) is 32.1 Å². The van der Waals surface area contributed by atoms with Crippen molar-refractivity contribution in [1.82, 2.24) is 5.32 Å². The summed E-state index contributed by atoms with van der Waals surface area (Å²) in [6, 6.07) is 0. The topological polar surface area (TPSA) is 12.0 Å². The average molecular weight is 138 g/mol. The molecule has 1 heterocycles. The maximum absolute atomic E-state index is 3.49. The van der Waals surface area contributed by atoms with Crippen molar-refractivity contribution in [3.05, 3.63) is 5.92 Å². The average Bonchev–Trinajstić information content (AvgIpc) is 2.12. The van der Waals surface area contributed by atoms with Gasteiger partial charge in [0.2, 0.25) is 0 Å². The smallest absolute Gasteiger partial charge is 0.00138 e. The Morgan fingerprint density at radius 2 is 2.30 bits per heavy atom. The fraction of sp³-hybridized carbons (Fsp3) is 0.889. The second-order valence-electron chi connectivity index (χ2n) is 3.70. The lowest BCUT2D eigenvalue weighted by Crippen LogP contribution is -2.33. The van der Waals surface area contributed by atoms with E-state index < -0.39 is 0 Å². The first-order chi connectivity index (χ1) is 4.95. The van der Waals surface area contributed by atoms with Gasteiger partial charge in [-0.2, -0.15) is 0 Å². The van der Waals surface area contributed by atoms with Crippen molar-refractivity contribution in [3.63, 3.8) is 0 Å². The second-order valence-corrected chi connectivity index (χ2v) is 3.70. The molecule has 1 radical (unpaired) electrons. The van der Waals surface area contributed by atoms with Gasteiger partial charge in [-0.15, -0.1) is 0 Å². The lowest BCUT2D eigenvalue weighted by atomic mass is 9.90. The van der Waals surface area contributed by atoms with Crippen LogP contribution < -0.4 is 5.32 Å². The van der Waals surface area contributed by atoms with Crippen LogP contribution in [0.5, 0.6) is 0 Å². The molecule has 1 heteroatoms. The molecule has 0 spiro atoms. The van der Waals surface area contributed by atoms with E-state index in [4.69, 9.17) is 0 Å². The quantitative estimate of drug-likeness (QED) is 0.537. The van der Waals surface area contributed by atoms with Gasteiger partial charge in [0.1, 0.15) is 0 Å². The molecule has 1 nitrogen and oxygen atoms in total. The van der Waals surface area contributed by atoms with Crippen LogP contribution >= 0.6 is 0 Å². The van der Waals surface area contributed by atoms with E-state index in [1.807, 2.05) is 0 Å². The van der Waals surface area contributed by atoms with Gasteiger partial charge in [-0.1, -0.05) is 12.8 Å². The van der Waals surface area contributed by atoms with Gasteiger partial charge in [-0.25, -0.2) is 0 Å². The van der Waals surface area contributed by atoms with Crippen molar-refractivity contribution >= 4 is 0 Å². The molecular formula is C9H16N. The highest BCUT2D eigenvalue weighted by atomic mass is 14.9. The molecule has 1 atom stereocenters. The lowest BCUT2D eigenvalue weighted by Gasteiger charge is -2.26. The van der Waals surface area contributed by atoms with Crippen molar-refractivity contribution in [2.24, 2.45) is 5.92 Å². The molecule has 1 N–H and O–H groups in total. The summed E-state index contributed by atoms with van der Waals surface area (Å²) in [6.45, 7) is 2.50. The summed E-state index contributed by atoms with van der Waals surface area (Å²) in [6.07, 6.45) is 7.23. The van der Waals surface area contributed by atoms with E-state index in [0.717, 1.165) is 5.92 Å². The zero-order valence-electron chi connectivity index (χ0n) is 6.53. The van der Waals surface area contributed by atoms with Crippen molar-refractivity contribution < 1.29 is 0 Å². The fourth-order valence-electron chi connectivity index (χ4n) is 2.21. The van der Waals surface area contributed by atoms with Gasteiger partial charge >= 0.3 is 0 Å². The highest BCUT2D eigenvalue weighted by Crippen LogP contribution is 2.30. The Bertz CT molecular complexity index is 99.3. The molecular weight excluding hydrogens is 122 g/mol. The maximum Gasteiger partial charge on any atom is 0.00138 e. The van der Waals surface area contributed by atoms with E-state index in [1.54, 1.807) is 5.92 Å². The molecule has 1 aliphatic heterocycles. The fourth-order valence-corrected chi connectivity index (χ4v) is 2.21. The Kier molecular flexibility index (Phi) is 1.94. The van der Waals surface area contributed by atoms with Crippen molar-refractivity contribution in [3.8, 4) is 0 Å². The predicted octanol–water partition coefficient (Wildman–Crippen LogP) is 1.74. The number of piperidine rings is 1. The highest BCUT2D eigenvalue weighted by Gasteiger charge is 2.23. The molecule has 0 aromatic heterocycles. The third-order valence-electron chi connectivity index (χ3n) is 2.78. The van der Waals surface area contributed by atoms with Gasteiger partial charge in [-0.05, 0) is 37.6 Å². The normalized spacial score (nSPS) is 35.4. The standard InChI is InChI=1S/C9H16N/c1-2-4-9-5-8(3-1)6-10-7-9/h8,10H,1-7H2. The summed E-state index contributed by atoms with van der Waals surface area (Å²) in [5.41, 5.74) is 0. The summed E-state index contributed by atoms with van der Waals surface area (Å²) in [4.78, 5) is 0. The zero-order valence-corrected chi connectivity index (χ0v) is 6.53. The van der Waals surface area contributed by atoms with Gasteiger partial charge in [0.05, 0.1) is 0 Å². The number of nitrogens with one attached hydrogen (secondary N) is 1. The number of hydrogen-bond acceptors (Lipinski definition) is 1. The lowest BCUT2D eigenvalue weighted by molar-refractivity contribution is 0.392. The third-order valence-corrected chi connectivity index (χ3v) is 2.78. The molecule has 2 rings (SSSR count). The van der Waals surface area contributed by atoms with E-state index in [2.05, 4.69) is 5.32 Å². The number of rotatable bonds is 0. The Labute approximate surface area is 63.2 Å². The summed E-state index contributed by atoms with van der Waals surface area (Å²) in [5, 5.41) is 3.49. The van der Waals surface area contributed by atoms with Crippen LogP contribution in [0.3, 0.4) is 0 Å². The van der Waals surface area contributed by atoms with E-state index in [-0.39, 0.29) is 0 Å². The number of hydrogen-bond donors (Lipinski definition) is 1. The van der Waals surface area contributed by atoms with Crippen LogP contribution in [-0.4, -0.2) is 13.1 Å². The van der Waals surface area contributed by atoms with Crippen LogP contribution in [0.4, 0.5) is 0 Å².